The molecule has 0 radical (unpaired) electrons. The number of nitrogens with two attached hydrogens (primary N) is 1. The van der Waals surface area contributed by atoms with E-state index in [2.05, 4.69) is 26.8 Å². The van der Waals surface area contributed by atoms with Crippen molar-refractivity contribution in [3.05, 3.63) is 90.7 Å². The molecule has 0 saturated heterocycles. The van der Waals surface area contributed by atoms with E-state index in [1.165, 1.54) is 0 Å². The number of primary amides is 1. The number of aromatic nitrogens is 3. The van der Waals surface area contributed by atoms with Crippen molar-refractivity contribution in [1.29, 1.82) is 0 Å². The number of hydrogen-bond donors (Lipinski definition) is 2. The number of carbonyl (C=O) groups excluding carboxylic acids is 1. The molecule has 1 aromatic carbocycles. The first-order valence-electron chi connectivity index (χ1n) is 9.65. The van der Waals surface area contributed by atoms with Crippen LogP contribution >= 0.6 is 0 Å². The molecule has 31 heavy (non-hydrogen) atoms. The van der Waals surface area contributed by atoms with E-state index in [9.17, 15) is 4.79 Å². The van der Waals surface area contributed by atoms with Gasteiger partial charge in [-0.2, -0.15) is 0 Å². The highest BCUT2D eigenvalue weighted by molar-refractivity contribution is 5.94. The van der Waals surface area contributed by atoms with Crippen LogP contribution in [0.5, 0.6) is 5.75 Å². The minimum Gasteiger partial charge on any atom is -0.487 e. The molecule has 7 nitrogen and oxygen atoms in total. The van der Waals surface area contributed by atoms with Crippen LogP contribution in [0.25, 0.3) is 27.7 Å². The number of fused-ring (bicyclic) bond motifs is 1. The van der Waals surface area contributed by atoms with Gasteiger partial charge in [-0.1, -0.05) is 12.6 Å². The SMILES string of the molecule is C=C(NC)c1ccc(-c2cc(OCc3ncccc3C(N)=O)c3cccnc3c2)cn1. The van der Waals surface area contributed by atoms with Crippen molar-refractivity contribution in [2.45, 2.75) is 6.61 Å². The summed E-state index contributed by atoms with van der Waals surface area (Å²) in [6, 6.07) is 14.9. The van der Waals surface area contributed by atoms with E-state index < -0.39 is 5.91 Å². The van der Waals surface area contributed by atoms with E-state index in [-0.39, 0.29) is 6.61 Å². The Morgan fingerprint density at radius 1 is 1.06 bits per heavy atom. The molecule has 7 heteroatoms. The maximum atomic E-state index is 11.7. The Bertz CT molecular complexity index is 1270. The number of nitrogens with one attached hydrogen (secondary N) is 1. The molecule has 0 saturated carbocycles. The topological polar surface area (TPSA) is 103 Å². The van der Waals surface area contributed by atoms with E-state index in [1.807, 2.05) is 43.4 Å². The van der Waals surface area contributed by atoms with Crippen molar-refractivity contribution in [2.24, 2.45) is 5.73 Å². The Morgan fingerprint density at radius 2 is 1.87 bits per heavy atom. The van der Waals surface area contributed by atoms with Gasteiger partial charge in [0.1, 0.15) is 12.4 Å². The van der Waals surface area contributed by atoms with Gasteiger partial charge < -0.3 is 15.8 Å². The molecule has 4 aromatic rings. The number of pyridine rings is 3. The maximum absolute atomic E-state index is 11.7. The van der Waals surface area contributed by atoms with Gasteiger partial charge in [0, 0.05) is 36.6 Å². The molecule has 3 N–H and O–H groups in total. The molecule has 0 aliphatic heterocycles. The van der Waals surface area contributed by atoms with Gasteiger partial charge in [0.15, 0.2) is 0 Å². The van der Waals surface area contributed by atoms with Crippen LogP contribution in [0.3, 0.4) is 0 Å². The fourth-order valence-corrected chi connectivity index (χ4v) is 3.23. The summed E-state index contributed by atoms with van der Waals surface area (Å²) in [5.41, 5.74) is 10.4. The molecule has 3 heterocycles. The summed E-state index contributed by atoms with van der Waals surface area (Å²) in [7, 11) is 1.81. The third-order valence-corrected chi connectivity index (χ3v) is 4.91. The first-order valence-corrected chi connectivity index (χ1v) is 9.65. The van der Waals surface area contributed by atoms with Gasteiger partial charge in [-0.25, -0.2) is 0 Å². The Balaban J connectivity index is 1.70. The van der Waals surface area contributed by atoms with E-state index >= 15 is 0 Å². The Morgan fingerprint density at radius 3 is 2.61 bits per heavy atom. The summed E-state index contributed by atoms with van der Waals surface area (Å²) in [5.74, 6) is 0.0895. The average molecular weight is 411 g/mol. The lowest BCUT2D eigenvalue weighted by Gasteiger charge is -2.13. The second kappa shape index (κ2) is 8.62. The lowest BCUT2D eigenvalue weighted by atomic mass is 10.0. The Hall–Kier alpha value is -4.26. The van der Waals surface area contributed by atoms with Gasteiger partial charge in [-0.15, -0.1) is 0 Å². The maximum Gasteiger partial charge on any atom is 0.250 e. The molecule has 0 aliphatic carbocycles. The first-order chi connectivity index (χ1) is 15.1. The Kier molecular flexibility index (Phi) is 5.57. The van der Waals surface area contributed by atoms with Gasteiger partial charge in [-0.3, -0.25) is 19.7 Å². The van der Waals surface area contributed by atoms with E-state index in [0.717, 1.165) is 33.4 Å². The van der Waals surface area contributed by atoms with Crippen LogP contribution in [0.1, 0.15) is 21.7 Å². The van der Waals surface area contributed by atoms with E-state index in [0.29, 0.717) is 17.0 Å². The zero-order valence-corrected chi connectivity index (χ0v) is 17.0. The zero-order valence-electron chi connectivity index (χ0n) is 17.0. The highest BCUT2D eigenvalue weighted by Gasteiger charge is 2.12. The largest absolute Gasteiger partial charge is 0.487 e. The highest BCUT2D eigenvalue weighted by atomic mass is 16.5. The summed E-state index contributed by atoms with van der Waals surface area (Å²) in [5, 5.41) is 3.85. The van der Waals surface area contributed by atoms with Crippen LogP contribution in [0.2, 0.25) is 0 Å². The molecule has 0 atom stereocenters. The molecule has 0 unspecified atom stereocenters. The molecule has 154 valence electrons. The van der Waals surface area contributed by atoms with Crippen molar-refractivity contribution >= 4 is 22.5 Å². The number of hydrogen-bond acceptors (Lipinski definition) is 6. The number of rotatable bonds is 7. The van der Waals surface area contributed by atoms with Crippen molar-refractivity contribution in [2.75, 3.05) is 7.05 Å². The zero-order chi connectivity index (χ0) is 21.8. The highest BCUT2D eigenvalue weighted by Crippen LogP contribution is 2.32. The quantitative estimate of drug-likeness (QED) is 0.482. The second-order valence-corrected chi connectivity index (χ2v) is 6.86. The molecule has 0 spiro atoms. The van der Waals surface area contributed by atoms with E-state index in [4.69, 9.17) is 10.5 Å². The number of amides is 1. The summed E-state index contributed by atoms with van der Waals surface area (Å²) in [6.07, 6.45) is 5.13. The number of nitrogens with zero attached hydrogens (tertiary/aromatic N) is 3. The normalized spacial score (nSPS) is 10.6. The van der Waals surface area contributed by atoms with Gasteiger partial charge in [0.05, 0.1) is 28.2 Å². The van der Waals surface area contributed by atoms with Crippen LogP contribution in [0.15, 0.2) is 73.7 Å². The molecular weight excluding hydrogens is 390 g/mol. The predicted molar refractivity (Wildman–Crippen MR) is 120 cm³/mol. The summed E-state index contributed by atoms with van der Waals surface area (Å²) in [4.78, 5) is 24.9. The fourth-order valence-electron chi connectivity index (χ4n) is 3.23. The lowest BCUT2D eigenvalue weighted by molar-refractivity contribution is 0.0997. The monoisotopic (exact) mass is 411 g/mol. The van der Waals surface area contributed by atoms with E-state index in [1.54, 1.807) is 30.7 Å². The summed E-state index contributed by atoms with van der Waals surface area (Å²) in [6.45, 7) is 4.03. The second-order valence-electron chi connectivity index (χ2n) is 6.86. The number of benzene rings is 1. The third-order valence-electron chi connectivity index (χ3n) is 4.91. The van der Waals surface area contributed by atoms with Crippen molar-refractivity contribution in [3.63, 3.8) is 0 Å². The molecule has 0 bridgehead atoms. The molecule has 3 aromatic heterocycles. The van der Waals surface area contributed by atoms with Crippen LogP contribution in [-0.4, -0.2) is 27.9 Å². The van der Waals surface area contributed by atoms with Crippen molar-refractivity contribution in [1.82, 2.24) is 20.3 Å². The van der Waals surface area contributed by atoms with Gasteiger partial charge in [0.25, 0.3) is 5.91 Å². The fraction of sp³-hybridized carbons (Fsp3) is 0.0833. The molecule has 1 amide bonds. The van der Waals surface area contributed by atoms with Gasteiger partial charge in [0.2, 0.25) is 0 Å². The van der Waals surface area contributed by atoms with Crippen LogP contribution in [-0.2, 0) is 6.61 Å². The van der Waals surface area contributed by atoms with Crippen molar-refractivity contribution < 1.29 is 9.53 Å². The molecule has 4 rings (SSSR count). The lowest BCUT2D eigenvalue weighted by Crippen LogP contribution is -2.15. The molecule has 0 aliphatic rings. The first kappa shape index (κ1) is 20.0. The van der Waals surface area contributed by atoms with Crippen LogP contribution < -0.4 is 15.8 Å². The summed E-state index contributed by atoms with van der Waals surface area (Å²) >= 11 is 0. The Labute approximate surface area is 179 Å². The standard InChI is InChI=1S/C24H21N5O2/c1-15(26-2)20-8-7-16(13-29-20)17-11-21-18(5-3-9-27-21)23(12-17)31-14-22-19(24(25)30)6-4-10-28-22/h3-13,26H,1,14H2,2H3,(H2,25,30). The molecular formula is C24H21N5O2. The number of ether oxygens (including phenoxy) is 1. The molecule has 0 fully saturated rings. The minimum absolute atomic E-state index is 0.103. The summed E-state index contributed by atoms with van der Waals surface area (Å²) < 4.78 is 6.08. The average Bonchev–Trinajstić information content (AvgIpc) is 2.82. The third kappa shape index (κ3) is 4.20. The smallest absolute Gasteiger partial charge is 0.250 e. The van der Waals surface area contributed by atoms with Crippen LogP contribution in [0.4, 0.5) is 0 Å². The van der Waals surface area contributed by atoms with Gasteiger partial charge >= 0.3 is 0 Å². The van der Waals surface area contributed by atoms with Crippen LogP contribution in [0, 0.1) is 0 Å². The predicted octanol–water partition coefficient (Wildman–Crippen LogP) is 3.56. The minimum atomic E-state index is -0.540. The number of carbonyl (C=O) groups is 1. The van der Waals surface area contributed by atoms with Crippen molar-refractivity contribution in [3.8, 4) is 16.9 Å². The van der Waals surface area contributed by atoms with Gasteiger partial charge in [-0.05, 0) is 48.0 Å².